The largest absolute Gasteiger partial charge is 0.467 e. The molecular formula is C31H28N4O3. The number of carbonyl (C=O) groups excluding carboxylic acids is 2. The first-order valence-electron chi connectivity index (χ1n) is 12.4. The molecule has 2 amide bonds. The minimum Gasteiger partial charge on any atom is -0.467 e. The smallest absolute Gasteiger partial charge is 0.254 e. The normalized spacial score (nSPS) is 10.8. The van der Waals surface area contributed by atoms with Crippen molar-refractivity contribution >= 4 is 17.8 Å². The molecule has 2 heterocycles. The molecule has 0 aliphatic heterocycles. The molecule has 0 aliphatic carbocycles. The van der Waals surface area contributed by atoms with Crippen molar-refractivity contribution in [2.45, 2.75) is 20.4 Å². The van der Waals surface area contributed by atoms with Gasteiger partial charge in [-0.15, -0.1) is 0 Å². The van der Waals surface area contributed by atoms with Crippen molar-refractivity contribution in [1.82, 2.24) is 14.5 Å². The Labute approximate surface area is 221 Å². The maximum atomic E-state index is 13.3. The van der Waals surface area contributed by atoms with Crippen LogP contribution in [0.15, 0.2) is 108 Å². The van der Waals surface area contributed by atoms with Crippen molar-refractivity contribution in [3.8, 4) is 16.9 Å². The number of nitrogens with zero attached hydrogens (tertiary/aromatic N) is 3. The Kier molecular flexibility index (Phi) is 7.17. The van der Waals surface area contributed by atoms with E-state index in [-0.39, 0.29) is 24.9 Å². The summed E-state index contributed by atoms with van der Waals surface area (Å²) in [6.07, 6.45) is 3.45. The summed E-state index contributed by atoms with van der Waals surface area (Å²) in [5.41, 5.74) is 5.31. The van der Waals surface area contributed by atoms with E-state index >= 15 is 0 Å². The second kappa shape index (κ2) is 11.0. The molecule has 0 unspecified atom stereocenters. The summed E-state index contributed by atoms with van der Waals surface area (Å²) in [5, 5.41) is 2.93. The Balaban J connectivity index is 1.43. The average molecular weight is 505 g/mol. The van der Waals surface area contributed by atoms with Crippen molar-refractivity contribution in [3.05, 3.63) is 126 Å². The molecule has 3 aromatic carbocycles. The molecule has 0 saturated carbocycles. The van der Waals surface area contributed by atoms with Crippen molar-refractivity contribution in [1.29, 1.82) is 0 Å². The van der Waals surface area contributed by atoms with Crippen LogP contribution in [-0.2, 0) is 11.3 Å². The van der Waals surface area contributed by atoms with Gasteiger partial charge >= 0.3 is 0 Å². The number of aromatic nitrogens is 2. The number of amides is 2. The van der Waals surface area contributed by atoms with E-state index in [4.69, 9.17) is 9.40 Å². The van der Waals surface area contributed by atoms with E-state index in [2.05, 4.69) is 5.32 Å². The van der Waals surface area contributed by atoms with Gasteiger partial charge in [0.2, 0.25) is 11.9 Å². The molecule has 0 fully saturated rings. The van der Waals surface area contributed by atoms with Gasteiger partial charge in [0, 0.05) is 23.0 Å². The summed E-state index contributed by atoms with van der Waals surface area (Å²) in [6.45, 7) is 4.05. The van der Waals surface area contributed by atoms with Crippen LogP contribution in [0.25, 0.3) is 16.9 Å². The van der Waals surface area contributed by atoms with Crippen molar-refractivity contribution in [3.63, 3.8) is 0 Å². The van der Waals surface area contributed by atoms with Crippen LogP contribution in [0.4, 0.5) is 5.95 Å². The van der Waals surface area contributed by atoms with Crippen LogP contribution in [0.1, 0.15) is 27.2 Å². The monoisotopic (exact) mass is 504 g/mol. The standard InChI is InChI=1S/C31H28N4O3/c1-22-10-14-24(15-11-22)28-20-35(26-16-12-23(2)13-17-26)31(32-28)33-29(36)21-34(19-27-9-6-18-38-27)30(37)25-7-4-3-5-8-25/h3-18,20H,19,21H2,1-2H3,(H,32,33,36). The van der Waals surface area contributed by atoms with Gasteiger partial charge < -0.3 is 9.32 Å². The van der Waals surface area contributed by atoms with E-state index in [1.165, 1.54) is 4.90 Å². The third-order valence-corrected chi connectivity index (χ3v) is 6.19. The Morgan fingerprint density at radius 1 is 0.868 bits per heavy atom. The van der Waals surface area contributed by atoms with E-state index in [0.717, 1.165) is 28.1 Å². The molecule has 7 nitrogen and oxygen atoms in total. The molecule has 0 saturated heterocycles. The van der Waals surface area contributed by atoms with Gasteiger partial charge in [-0.2, -0.15) is 0 Å². The first-order valence-corrected chi connectivity index (χ1v) is 12.4. The molecule has 5 rings (SSSR count). The number of aryl methyl sites for hydroxylation is 2. The third kappa shape index (κ3) is 5.73. The van der Waals surface area contributed by atoms with E-state index in [0.29, 0.717) is 17.3 Å². The molecule has 38 heavy (non-hydrogen) atoms. The number of hydrogen-bond acceptors (Lipinski definition) is 4. The number of nitrogens with one attached hydrogen (secondary N) is 1. The molecule has 7 heteroatoms. The fourth-order valence-corrected chi connectivity index (χ4v) is 4.13. The second-order valence-electron chi connectivity index (χ2n) is 9.18. The van der Waals surface area contributed by atoms with Gasteiger partial charge in [-0.05, 0) is 50.2 Å². The third-order valence-electron chi connectivity index (χ3n) is 6.19. The number of furan rings is 1. The summed E-state index contributed by atoms with van der Waals surface area (Å²) < 4.78 is 7.30. The fourth-order valence-electron chi connectivity index (χ4n) is 4.13. The van der Waals surface area contributed by atoms with Crippen molar-refractivity contribution in [2.75, 3.05) is 11.9 Å². The molecule has 2 aromatic heterocycles. The lowest BCUT2D eigenvalue weighted by Gasteiger charge is -2.21. The SMILES string of the molecule is Cc1ccc(-c2cn(-c3ccc(C)cc3)c(NC(=O)CN(Cc3ccco3)C(=O)c3ccccc3)n2)cc1. The summed E-state index contributed by atoms with van der Waals surface area (Å²) >= 11 is 0. The van der Waals surface area contributed by atoms with E-state index < -0.39 is 0 Å². The molecule has 0 aliphatic rings. The first-order chi connectivity index (χ1) is 18.5. The van der Waals surface area contributed by atoms with Crippen molar-refractivity contribution < 1.29 is 14.0 Å². The van der Waals surface area contributed by atoms with Gasteiger partial charge in [0.25, 0.3) is 5.91 Å². The zero-order valence-corrected chi connectivity index (χ0v) is 21.3. The Morgan fingerprint density at radius 2 is 1.55 bits per heavy atom. The lowest BCUT2D eigenvalue weighted by atomic mass is 10.1. The predicted molar refractivity (Wildman–Crippen MR) is 147 cm³/mol. The van der Waals surface area contributed by atoms with Crippen LogP contribution < -0.4 is 5.32 Å². The number of benzene rings is 3. The van der Waals surface area contributed by atoms with Crippen LogP contribution in [0, 0.1) is 13.8 Å². The van der Waals surface area contributed by atoms with Crippen LogP contribution in [0.5, 0.6) is 0 Å². The summed E-state index contributed by atoms with van der Waals surface area (Å²) in [5.74, 6) is 0.332. The zero-order valence-electron chi connectivity index (χ0n) is 21.3. The average Bonchev–Trinajstić information content (AvgIpc) is 3.59. The van der Waals surface area contributed by atoms with Crippen molar-refractivity contribution in [2.24, 2.45) is 0 Å². The molecule has 0 radical (unpaired) electrons. The highest BCUT2D eigenvalue weighted by atomic mass is 16.3. The van der Waals surface area contributed by atoms with Gasteiger partial charge in [0.1, 0.15) is 12.3 Å². The lowest BCUT2D eigenvalue weighted by Crippen LogP contribution is -2.37. The lowest BCUT2D eigenvalue weighted by molar-refractivity contribution is -0.117. The number of rotatable bonds is 8. The summed E-state index contributed by atoms with van der Waals surface area (Å²) in [6, 6.07) is 28.5. The van der Waals surface area contributed by atoms with Gasteiger partial charge in [0.05, 0.1) is 18.5 Å². The molecule has 0 atom stereocenters. The maximum absolute atomic E-state index is 13.3. The number of imidazole rings is 1. The van der Waals surface area contributed by atoms with Gasteiger partial charge in [-0.1, -0.05) is 65.7 Å². The highest BCUT2D eigenvalue weighted by Gasteiger charge is 2.22. The Hall–Kier alpha value is -4.91. The Morgan fingerprint density at radius 3 is 2.21 bits per heavy atom. The van der Waals surface area contributed by atoms with E-state index in [1.54, 1.807) is 42.7 Å². The molecule has 0 spiro atoms. The number of carbonyl (C=O) groups is 2. The minimum atomic E-state index is -0.366. The van der Waals surface area contributed by atoms with Crippen LogP contribution in [-0.4, -0.2) is 32.8 Å². The second-order valence-corrected chi connectivity index (χ2v) is 9.18. The van der Waals surface area contributed by atoms with E-state index in [1.807, 2.05) is 79.2 Å². The molecule has 190 valence electrons. The zero-order chi connectivity index (χ0) is 26.5. The van der Waals surface area contributed by atoms with Gasteiger partial charge in [-0.3, -0.25) is 19.5 Å². The van der Waals surface area contributed by atoms with Gasteiger partial charge in [0.15, 0.2) is 0 Å². The molecule has 5 aromatic rings. The fraction of sp³-hybridized carbons (Fsp3) is 0.129. The highest BCUT2D eigenvalue weighted by molar-refractivity contribution is 5.99. The van der Waals surface area contributed by atoms with Crippen LogP contribution in [0.3, 0.4) is 0 Å². The predicted octanol–water partition coefficient (Wildman–Crippen LogP) is 6.03. The topological polar surface area (TPSA) is 80.4 Å². The summed E-state index contributed by atoms with van der Waals surface area (Å²) in [4.78, 5) is 32.8. The molecular weight excluding hydrogens is 476 g/mol. The molecule has 0 bridgehead atoms. The summed E-state index contributed by atoms with van der Waals surface area (Å²) in [7, 11) is 0. The first kappa shape index (κ1) is 24.8. The van der Waals surface area contributed by atoms with E-state index in [9.17, 15) is 9.59 Å². The Bertz CT molecular complexity index is 1520. The minimum absolute atomic E-state index is 0.162. The van der Waals surface area contributed by atoms with Crippen LogP contribution in [0.2, 0.25) is 0 Å². The van der Waals surface area contributed by atoms with Crippen LogP contribution >= 0.6 is 0 Å². The highest BCUT2D eigenvalue weighted by Crippen LogP contribution is 2.25. The maximum Gasteiger partial charge on any atom is 0.254 e. The molecule has 1 N–H and O–H groups in total. The van der Waals surface area contributed by atoms with Gasteiger partial charge in [-0.25, -0.2) is 4.98 Å². The quantitative estimate of drug-likeness (QED) is 0.280. The number of anilines is 1. The number of hydrogen-bond donors (Lipinski definition) is 1.